The highest BCUT2D eigenvalue weighted by atomic mass is 15.0. The molecule has 4 heteroatoms. The van der Waals surface area contributed by atoms with Gasteiger partial charge in [0.25, 0.3) is 0 Å². The van der Waals surface area contributed by atoms with Crippen molar-refractivity contribution in [2.75, 3.05) is 11.5 Å². The maximum Gasteiger partial charge on any atom is 0.220 e. The van der Waals surface area contributed by atoms with Crippen LogP contribution in [-0.4, -0.2) is 9.97 Å². The summed E-state index contributed by atoms with van der Waals surface area (Å²) in [5, 5.41) is 0. The molecule has 0 aliphatic heterocycles. The molecule has 0 spiro atoms. The molecule has 4 N–H and O–H groups in total. The molecule has 0 aliphatic carbocycles. The summed E-state index contributed by atoms with van der Waals surface area (Å²) < 4.78 is 0. The fraction of sp³-hybridized carbons (Fsp3) is 0.750. The summed E-state index contributed by atoms with van der Waals surface area (Å²) in [5.74, 6) is 0.371. The fourth-order valence-electron chi connectivity index (χ4n) is 2.41. The average molecular weight is 278 g/mol. The first-order valence-corrected chi connectivity index (χ1v) is 8.09. The van der Waals surface area contributed by atoms with E-state index in [0.717, 1.165) is 42.8 Å². The van der Waals surface area contributed by atoms with Crippen molar-refractivity contribution in [2.45, 2.75) is 78.1 Å². The summed E-state index contributed by atoms with van der Waals surface area (Å²) in [7, 11) is 0. The van der Waals surface area contributed by atoms with Crippen molar-refractivity contribution in [2.24, 2.45) is 0 Å². The molecule has 0 unspecified atom stereocenters. The van der Waals surface area contributed by atoms with Gasteiger partial charge >= 0.3 is 0 Å². The van der Waals surface area contributed by atoms with Crippen LogP contribution in [0.25, 0.3) is 0 Å². The van der Waals surface area contributed by atoms with Gasteiger partial charge in [0.1, 0.15) is 0 Å². The number of nitrogens with two attached hydrogens (primary N) is 2. The van der Waals surface area contributed by atoms with Crippen molar-refractivity contribution >= 4 is 11.6 Å². The van der Waals surface area contributed by atoms with Crippen molar-refractivity contribution < 1.29 is 0 Å². The molecule has 0 radical (unpaired) electrons. The van der Waals surface area contributed by atoms with Crippen molar-refractivity contribution in [1.82, 2.24) is 9.97 Å². The predicted molar refractivity (Wildman–Crippen MR) is 86.5 cm³/mol. The molecule has 0 bridgehead atoms. The van der Waals surface area contributed by atoms with Crippen LogP contribution in [0.15, 0.2) is 0 Å². The maximum atomic E-state index is 6.20. The molecule has 0 fully saturated rings. The fourth-order valence-corrected chi connectivity index (χ4v) is 2.41. The summed E-state index contributed by atoms with van der Waals surface area (Å²) >= 11 is 0. The second kappa shape index (κ2) is 9.56. The molecule has 0 aromatic carbocycles. The minimum atomic E-state index is 0.371. The summed E-state index contributed by atoms with van der Waals surface area (Å²) in [5.41, 5.74) is 14.7. The van der Waals surface area contributed by atoms with Crippen LogP contribution in [0.2, 0.25) is 0 Å². The summed E-state index contributed by atoms with van der Waals surface area (Å²) in [6.45, 7) is 4.43. The largest absolute Gasteiger partial charge is 0.396 e. The number of aryl methyl sites for hydroxylation is 2. The van der Waals surface area contributed by atoms with Gasteiger partial charge in [0.05, 0.1) is 17.1 Å². The number of unbranched alkanes of at least 4 members (excludes halogenated alkanes) is 6. The standard InChI is InChI=1S/C16H30N4/c1-3-5-7-9-11-13-15(17)14(20-16(18)19-13)12-10-8-6-4-2/h3-12,17H2,1-2H3,(H2,18,19,20). The van der Waals surface area contributed by atoms with Crippen molar-refractivity contribution in [3.63, 3.8) is 0 Å². The first-order chi connectivity index (χ1) is 9.69. The molecule has 1 rings (SSSR count). The first-order valence-electron chi connectivity index (χ1n) is 8.09. The smallest absolute Gasteiger partial charge is 0.220 e. The third-order valence-corrected chi connectivity index (χ3v) is 3.66. The lowest BCUT2D eigenvalue weighted by molar-refractivity contribution is 0.652. The average Bonchev–Trinajstić information content (AvgIpc) is 2.44. The van der Waals surface area contributed by atoms with Crippen molar-refractivity contribution in [3.05, 3.63) is 11.4 Å². The summed E-state index contributed by atoms with van der Waals surface area (Å²) in [6.07, 6.45) is 11.6. The number of hydrogen-bond donors (Lipinski definition) is 2. The molecule has 0 atom stereocenters. The van der Waals surface area contributed by atoms with E-state index in [1.165, 1.54) is 38.5 Å². The molecule has 1 aromatic heterocycles. The molecule has 0 saturated carbocycles. The van der Waals surface area contributed by atoms with E-state index in [9.17, 15) is 0 Å². The monoisotopic (exact) mass is 278 g/mol. The van der Waals surface area contributed by atoms with Crippen LogP contribution >= 0.6 is 0 Å². The first kappa shape index (κ1) is 16.7. The van der Waals surface area contributed by atoms with E-state index >= 15 is 0 Å². The molecule has 1 aromatic rings. The molecule has 114 valence electrons. The van der Waals surface area contributed by atoms with E-state index in [1.807, 2.05) is 0 Å². The quantitative estimate of drug-likeness (QED) is 0.636. The summed E-state index contributed by atoms with van der Waals surface area (Å²) in [6, 6.07) is 0. The number of nitrogen functional groups attached to an aromatic ring is 2. The van der Waals surface area contributed by atoms with Gasteiger partial charge in [-0.2, -0.15) is 0 Å². The molecule has 0 aliphatic rings. The normalized spacial score (nSPS) is 10.9. The Morgan fingerprint density at radius 1 is 0.700 bits per heavy atom. The Morgan fingerprint density at radius 2 is 1.15 bits per heavy atom. The molecular formula is C16H30N4. The number of nitrogens with zero attached hydrogens (tertiary/aromatic N) is 2. The molecule has 4 nitrogen and oxygen atoms in total. The van der Waals surface area contributed by atoms with Crippen molar-refractivity contribution in [3.8, 4) is 0 Å². The van der Waals surface area contributed by atoms with Gasteiger partial charge in [-0.3, -0.25) is 0 Å². The van der Waals surface area contributed by atoms with E-state index in [2.05, 4.69) is 23.8 Å². The van der Waals surface area contributed by atoms with Crippen LogP contribution in [-0.2, 0) is 12.8 Å². The third-order valence-electron chi connectivity index (χ3n) is 3.66. The lowest BCUT2D eigenvalue weighted by Gasteiger charge is -2.10. The Balaban J connectivity index is 2.59. The second-order valence-corrected chi connectivity index (χ2v) is 5.51. The van der Waals surface area contributed by atoms with Crippen LogP contribution in [0, 0.1) is 0 Å². The zero-order valence-corrected chi connectivity index (χ0v) is 13.1. The zero-order chi connectivity index (χ0) is 14.8. The second-order valence-electron chi connectivity index (χ2n) is 5.51. The minimum absolute atomic E-state index is 0.371. The minimum Gasteiger partial charge on any atom is -0.396 e. The summed E-state index contributed by atoms with van der Waals surface area (Å²) in [4.78, 5) is 8.63. The van der Waals surface area contributed by atoms with E-state index in [1.54, 1.807) is 0 Å². The van der Waals surface area contributed by atoms with Gasteiger partial charge in [-0.25, -0.2) is 9.97 Å². The van der Waals surface area contributed by atoms with Gasteiger partial charge < -0.3 is 11.5 Å². The van der Waals surface area contributed by atoms with Crippen molar-refractivity contribution in [1.29, 1.82) is 0 Å². The number of rotatable bonds is 10. The number of aromatic nitrogens is 2. The van der Waals surface area contributed by atoms with Gasteiger partial charge in [-0.1, -0.05) is 52.4 Å². The van der Waals surface area contributed by atoms with Crippen LogP contribution < -0.4 is 11.5 Å². The number of hydrogen-bond acceptors (Lipinski definition) is 4. The Kier molecular flexibility index (Phi) is 8.00. The van der Waals surface area contributed by atoms with Crippen LogP contribution in [0.1, 0.15) is 76.6 Å². The lowest BCUT2D eigenvalue weighted by atomic mass is 10.1. The SMILES string of the molecule is CCCCCCc1nc(N)nc(CCCCCC)c1N. The molecule has 20 heavy (non-hydrogen) atoms. The Morgan fingerprint density at radius 3 is 1.55 bits per heavy atom. The topological polar surface area (TPSA) is 77.8 Å². The predicted octanol–water partition coefficient (Wildman–Crippen LogP) is 3.89. The maximum absolute atomic E-state index is 6.20. The van der Waals surface area contributed by atoms with Crippen LogP contribution in [0.4, 0.5) is 11.6 Å². The Labute approximate surface area is 123 Å². The molecular weight excluding hydrogens is 248 g/mol. The molecule has 0 amide bonds. The van der Waals surface area contributed by atoms with Gasteiger partial charge in [0.15, 0.2) is 0 Å². The zero-order valence-electron chi connectivity index (χ0n) is 13.1. The highest BCUT2D eigenvalue weighted by Crippen LogP contribution is 2.20. The van der Waals surface area contributed by atoms with E-state index in [4.69, 9.17) is 11.5 Å². The highest BCUT2D eigenvalue weighted by Gasteiger charge is 2.10. The van der Waals surface area contributed by atoms with Crippen LogP contribution in [0.5, 0.6) is 0 Å². The van der Waals surface area contributed by atoms with E-state index in [-0.39, 0.29) is 0 Å². The highest BCUT2D eigenvalue weighted by molar-refractivity contribution is 5.50. The third kappa shape index (κ3) is 5.76. The van der Waals surface area contributed by atoms with Gasteiger partial charge in [-0.15, -0.1) is 0 Å². The lowest BCUT2D eigenvalue weighted by Crippen LogP contribution is -2.09. The van der Waals surface area contributed by atoms with Gasteiger partial charge in [0.2, 0.25) is 5.95 Å². The molecule has 1 heterocycles. The van der Waals surface area contributed by atoms with Crippen LogP contribution in [0.3, 0.4) is 0 Å². The molecule has 0 saturated heterocycles. The Bertz CT molecular complexity index is 357. The number of anilines is 2. The van der Waals surface area contributed by atoms with E-state index < -0.39 is 0 Å². The van der Waals surface area contributed by atoms with Gasteiger partial charge in [0, 0.05) is 0 Å². The van der Waals surface area contributed by atoms with E-state index in [0.29, 0.717) is 5.95 Å². The Hall–Kier alpha value is -1.32. The van der Waals surface area contributed by atoms with Gasteiger partial charge in [-0.05, 0) is 25.7 Å².